The molecule has 2 N–H and O–H groups in total. The first-order chi connectivity index (χ1) is 18.4. The van der Waals surface area contributed by atoms with Crippen molar-refractivity contribution in [1.29, 1.82) is 0 Å². The Morgan fingerprint density at radius 3 is 2.49 bits per heavy atom. The lowest BCUT2D eigenvalue weighted by Crippen LogP contribution is -2.49. The van der Waals surface area contributed by atoms with E-state index < -0.39 is 36.7 Å². The van der Waals surface area contributed by atoms with Crippen LogP contribution >= 0.6 is 11.3 Å². The highest BCUT2D eigenvalue weighted by Crippen LogP contribution is 2.34. The number of benzene rings is 1. The Hall–Kier alpha value is -3.11. The summed E-state index contributed by atoms with van der Waals surface area (Å²) in [7, 11) is 0. The molecular formula is C29H37FN4O4S. The molecule has 1 aromatic carbocycles. The van der Waals surface area contributed by atoms with Gasteiger partial charge in [-0.25, -0.2) is 9.37 Å². The van der Waals surface area contributed by atoms with Crippen LogP contribution in [-0.2, 0) is 15.0 Å². The van der Waals surface area contributed by atoms with Gasteiger partial charge in [0.25, 0.3) is 0 Å². The summed E-state index contributed by atoms with van der Waals surface area (Å²) < 4.78 is 19.7. The Morgan fingerprint density at radius 1 is 1.26 bits per heavy atom. The third kappa shape index (κ3) is 6.22. The number of nitrogens with one attached hydrogen (secondary N) is 1. The van der Waals surface area contributed by atoms with Crippen LogP contribution in [0.1, 0.15) is 75.7 Å². The number of alkyl halides is 1. The van der Waals surface area contributed by atoms with Crippen molar-refractivity contribution in [3.63, 3.8) is 0 Å². The lowest BCUT2D eigenvalue weighted by molar-refractivity contribution is -0.141. The number of carbonyl (C=O) groups is 2. The molecule has 0 bridgehead atoms. The van der Waals surface area contributed by atoms with Crippen LogP contribution < -0.4 is 5.32 Å². The normalized spacial score (nSPS) is 19.4. The number of aryl methyl sites for hydroxylation is 1. The van der Waals surface area contributed by atoms with Gasteiger partial charge in [-0.2, -0.15) is 0 Å². The molecule has 0 radical (unpaired) electrons. The molecule has 1 aliphatic rings. The molecule has 0 spiro atoms. The molecule has 3 heterocycles. The number of nitrogens with zero attached hydrogens (tertiary/aromatic N) is 3. The van der Waals surface area contributed by atoms with E-state index in [9.17, 15) is 19.1 Å². The van der Waals surface area contributed by atoms with E-state index in [0.29, 0.717) is 11.3 Å². The smallest absolute Gasteiger partial charge is 0.243 e. The van der Waals surface area contributed by atoms with Crippen molar-refractivity contribution in [1.82, 2.24) is 20.4 Å². The summed E-state index contributed by atoms with van der Waals surface area (Å²) in [5, 5.41) is 17.4. The first kappa shape index (κ1) is 28.9. The summed E-state index contributed by atoms with van der Waals surface area (Å²) in [6.07, 6.45) is -0.780. The summed E-state index contributed by atoms with van der Waals surface area (Å²) in [5.74, 6) is -1.20. The number of hydrogen-bond acceptors (Lipinski definition) is 7. The molecule has 39 heavy (non-hydrogen) atoms. The highest BCUT2D eigenvalue weighted by molar-refractivity contribution is 7.13. The molecule has 2 amide bonds. The van der Waals surface area contributed by atoms with Crippen molar-refractivity contribution in [3.8, 4) is 10.4 Å². The Labute approximate surface area is 232 Å². The Morgan fingerprint density at radius 2 is 1.95 bits per heavy atom. The lowest BCUT2D eigenvalue weighted by atomic mass is 9.88. The number of hydrogen-bond donors (Lipinski definition) is 2. The van der Waals surface area contributed by atoms with Gasteiger partial charge in [-0.15, -0.1) is 11.3 Å². The van der Waals surface area contributed by atoms with Gasteiger partial charge in [0.1, 0.15) is 24.4 Å². The van der Waals surface area contributed by atoms with Crippen molar-refractivity contribution in [3.05, 3.63) is 58.6 Å². The van der Waals surface area contributed by atoms with Crippen LogP contribution in [0.15, 0.2) is 40.4 Å². The summed E-state index contributed by atoms with van der Waals surface area (Å²) in [6, 6.07) is 7.33. The molecule has 4 unspecified atom stereocenters. The van der Waals surface area contributed by atoms with Crippen LogP contribution in [0.4, 0.5) is 4.39 Å². The molecule has 1 saturated heterocycles. The van der Waals surface area contributed by atoms with Crippen molar-refractivity contribution in [2.75, 3.05) is 13.2 Å². The molecule has 1 aliphatic heterocycles. The zero-order valence-electron chi connectivity index (χ0n) is 23.3. The van der Waals surface area contributed by atoms with Gasteiger partial charge in [0.05, 0.1) is 33.9 Å². The first-order valence-corrected chi connectivity index (χ1v) is 14.1. The number of amides is 2. The van der Waals surface area contributed by atoms with Crippen molar-refractivity contribution in [2.45, 2.75) is 77.5 Å². The van der Waals surface area contributed by atoms with Gasteiger partial charge >= 0.3 is 0 Å². The highest BCUT2D eigenvalue weighted by atomic mass is 32.1. The fraction of sp³-hybridized carbons (Fsp3) is 0.517. The Balaban J connectivity index is 1.51. The Bertz CT molecular complexity index is 1300. The molecule has 3 aromatic rings. The second kappa shape index (κ2) is 11.6. The first-order valence-electron chi connectivity index (χ1n) is 13.2. The van der Waals surface area contributed by atoms with E-state index in [1.807, 2.05) is 53.7 Å². The minimum atomic E-state index is -0.924. The van der Waals surface area contributed by atoms with Gasteiger partial charge in [-0.1, -0.05) is 64.0 Å². The minimum Gasteiger partial charge on any atom is -0.391 e. The second-order valence-electron chi connectivity index (χ2n) is 11.6. The fourth-order valence-electron chi connectivity index (χ4n) is 4.93. The maximum Gasteiger partial charge on any atom is 0.243 e. The number of carbonyl (C=O) groups excluding carboxylic acids is 2. The molecule has 210 valence electrons. The van der Waals surface area contributed by atoms with Gasteiger partial charge in [0.15, 0.2) is 0 Å². The second-order valence-corrected chi connectivity index (χ2v) is 12.4. The predicted octanol–water partition coefficient (Wildman–Crippen LogP) is 4.93. The monoisotopic (exact) mass is 556 g/mol. The quantitative estimate of drug-likeness (QED) is 0.407. The molecule has 1 fully saturated rings. The zero-order chi connectivity index (χ0) is 28.5. The molecule has 8 nitrogen and oxygen atoms in total. The van der Waals surface area contributed by atoms with Crippen molar-refractivity contribution >= 4 is 23.2 Å². The van der Waals surface area contributed by atoms with Gasteiger partial charge in [-0.05, 0) is 24.0 Å². The van der Waals surface area contributed by atoms with Crippen molar-refractivity contribution < 1.29 is 23.6 Å². The third-order valence-corrected chi connectivity index (χ3v) is 8.17. The molecule has 0 saturated carbocycles. The van der Waals surface area contributed by atoms with Crippen LogP contribution in [0, 0.1) is 12.8 Å². The van der Waals surface area contributed by atoms with Gasteiger partial charge in [0.2, 0.25) is 11.8 Å². The number of rotatable bonds is 8. The van der Waals surface area contributed by atoms with Crippen LogP contribution in [0.5, 0.6) is 0 Å². The average Bonchev–Trinajstić information content (AvgIpc) is 3.62. The molecule has 0 aliphatic carbocycles. The highest BCUT2D eigenvalue weighted by Gasteiger charge is 2.44. The summed E-state index contributed by atoms with van der Waals surface area (Å²) in [4.78, 5) is 33.9. The number of halogens is 1. The van der Waals surface area contributed by atoms with Gasteiger partial charge in [-0.3, -0.25) is 9.59 Å². The van der Waals surface area contributed by atoms with Crippen molar-refractivity contribution in [2.24, 2.45) is 5.92 Å². The number of aliphatic hydroxyl groups excluding tert-OH is 1. The predicted molar refractivity (Wildman–Crippen MR) is 148 cm³/mol. The summed E-state index contributed by atoms with van der Waals surface area (Å²) in [5.41, 5.74) is 4.77. The third-order valence-electron chi connectivity index (χ3n) is 7.19. The van der Waals surface area contributed by atoms with Crippen LogP contribution in [0.25, 0.3) is 10.4 Å². The molecule has 10 heteroatoms. The molecule has 4 atom stereocenters. The Kier molecular flexibility index (Phi) is 8.56. The maximum atomic E-state index is 14.1. The van der Waals surface area contributed by atoms with Crippen LogP contribution in [0.3, 0.4) is 0 Å². The summed E-state index contributed by atoms with van der Waals surface area (Å²) >= 11 is 1.53. The number of β-amino-alcohol motifs (C(OH)–C–C–N with tert-alkyl or cyclic N) is 1. The minimum absolute atomic E-state index is 0.0175. The number of aromatic nitrogens is 2. The van der Waals surface area contributed by atoms with Gasteiger partial charge < -0.3 is 19.8 Å². The molecule has 2 aromatic heterocycles. The van der Waals surface area contributed by atoms with Crippen LogP contribution in [-0.4, -0.2) is 57.3 Å². The van der Waals surface area contributed by atoms with Gasteiger partial charge in [0, 0.05) is 24.4 Å². The number of thiazole rings is 1. The van der Waals surface area contributed by atoms with E-state index in [0.717, 1.165) is 21.8 Å². The topological polar surface area (TPSA) is 109 Å². The van der Waals surface area contributed by atoms with E-state index in [1.54, 1.807) is 23.7 Å². The van der Waals surface area contributed by atoms with E-state index in [4.69, 9.17) is 4.52 Å². The standard InChI is InChI=1S/C29H37FN4O4S/c1-16(2)25(23-12-24(33-38-23)29(4,5)6)28(37)34-14-20(35)11-22(34)27(36)32-21(13-30)18-7-9-19(10-8-18)26-17(3)31-15-39-26/h7-10,12,15-16,20-22,25,35H,11,13-14H2,1-6H3,(H,32,36). The number of aliphatic hydroxyl groups is 1. The zero-order valence-corrected chi connectivity index (χ0v) is 24.1. The average molecular weight is 557 g/mol. The van der Waals surface area contributed by atoms with E-state index >= 15 is 0 Å². The fourth-order valence-corrected chi connectivity index (χ4v) is 5.75. The van der Waals surface area contributed by atoms with E-state index in [2.05, 4.69) is 15.5 Å². The number of likely N-dealkylation sites (tertiary alicyclic amines) is 1. The lowest BCUT2D eigenvalue weighted by Gasteiger charge is -2.29. The SMILES string of the molecule is Cc1ncsc1-c1ccc(C(CF)NC(=O)C2CC(O)CN2C(=O)C(c2cc(C(C)(C)C)no2)C(C)C)cc1. The summed E-state index contributed by atoms with van der Waals surface area (Å²) in [6.45, 7) is 11.0. The largest absolute Gasteiger partial charge is 0.391 e. The molecular weight excluding hydrogens is 519 g/mol. The van der Waals surface area contributed by atoms with E-state index in [1.165, 1.54) is 16.2 Å². The maximum absolute atomic E-state index is 14.1. The molecule has 4 rings (SSSR count). The van der Waals surface area contributed by atoms with E-state index in [-0.39, 0.29) is 30.2 Å². The van der Waals surface area contributed by atoms with Crippen LogP contribution in [0.2, 0.25) is 0 Å².